The fourth-order valence-corrected chi connectivity index (χ4v) is 2.42. The van der Waals surface area contributed by atoms with Gasteiger partial charge in [-0.25, -0.2) is 4.39 Å². The van der Waals surface area contributed by atoms with Gasteiger partial charge in [0.05, 0.1) is 5.69 Å². The molecule has 0 bridgehead atoms. The number of allylic oxidation sites excluding steroid dienone is 2. The summed E-state index contributed by atoms with van der Waals surface area (Å²) in [6.07, 6.45) is 6.74. The molecule has 1 aromatic carbocycles. The Balaban J connectivity index is 0.000000647. The number of benzene rings is 1. The van der Waals surface area contributed by atoms with Crippen molar-refractivity contribution >= 4 is 18.2 Å². The highest BCUT2D eigenvalue weighted by atomic mass is 19.1. The number of aromatic amines is 1. The molecule has 2 aromatic rings. The van der Waals surface area contributed by atoms with Gasteiger partial charge in [0.15, 0.2) is 5.82 Å². The third-order valence-electron chi connectivity index (χ3n) is 3.62. The Kier molecular flexibility index (Phi) is 6.24. The average Bonchev–Trinajstić information content (AvgIpc) is 3.05. The van der Waals surface area contributed by atoms with Crippen molar-refractivity contribution in [3.8, 4) is 11.3 Å². The second-order valence-electron chi connectivity index (χ2n) is 5.25. The molecule has 7 heteroatoms. The number of carboxylic acid groups (broad SMARTS) is 1. The van der Waals surface area contributed by atoms with E-state index in [1.165, 1.54) is 12.1 Å². The van der Waals surface area contributed by atoms with Crippen LogP contribution in [0.1, 0.15) is 19.3 Å². The lowest BCUT2D eigenvalue weighted by Gasteiger charge is -2.15. The number of carbonyl (C=O) groups excluding carboxylic acids is 1. The summed E-state index contributed by atoms with van der Waals surface area (Å²) in [7, 11) is 0. The summed E-state index contributed by atoms with van der Waals surface area (Å²) >= 11 is 0. The monoisotopic (exact) mass is 331 g/mol. The van der Waals surface area contributed by atoms with Crippen LogP contribution in [0, 0.1) is 11.7 Å². The summed E-state index contributed by atoms with van der Waals surface area (Å²) in [6.45, 7) is -0.250. The Morgan fingerprint density at radius 1 is 1.33 bits per heavy atom. The van der Waals surface area contributed by atoms with E-state index in [0.717, 1.165) is 30.5 Å². The van der Waals surface area contributed by atoms with Gasteiger partial charge in [-0.2, -0.15) is 5.10 Å². The molecule has 3 N–H and O–H groups in total. The van der Waals surface area contributed by atoms with Gasteiger partial charge >= 0.3 is 0 Å². The number of hydrogen-bond donors (Lipinski definition) is 3. The number of anilines is 1. The van der Waals surface area contributed by atoms with E-state index in [2.05, 4.69) is 21.6 Å². The lowest BCUT2D eigenvalue weighted by molar-refractivity contribution is -0.123. The molecule has 0 saturated heterocycles. The lowest BCUT2D eigenvalue weighted by atomic mass is 9.94. The van der Waals surface area contributed by atoms with Gasteiger partial charge in [0, 0.05) is 12.0 Å². The van der Waals surface area contributed by atoms with E-state index in [9.17, 15) is 9.18 Å². The zero-order chi connectivity index (χ0) is 17.4. The number of halogens is 1. The molecule has 126 valence electrons. The first kappa shape index (κ1) is 17.4. The highest BCUT2D eigenvalue weighted by Gasteiger charge is 2.19. The molecule has 3 rings (SSSR count). The van der Waals surface area contributed by atoms with Crippen LogP contribution in [-0.2, 0) is 9.59 Å². The topological polar surface area (TPSA) is 95.1 Å². The summed E-state index contributed by atoms with van der Waals surface area (Å²) in [5, 5.41) is 16.6. The Morgan fingerprint density at radius 2 is 2.04 bits per heavy atom. The number of hydrogen-bond acceptors (Lipinski definition) is 3. The maximum absolute atomic E-state index is 12.9. The van der Waals surface area contributed by atoms with Gasteiger partial charge in [-0.1, -0.05) is 12.2 Å². The van der Waals surface area contributed by atoms with Crippen LogP contribution in [0.4, 0.5) is 10.2 Å². The molecule has 1 unspecified atom stereocenters. The standard InChI is InChI=1S/C16H16FN3O.CH2O2/c17-13-8-6-11(7-9-13)14-10-15(20-19-14)18-16(21)12-4-2-1-3-5-12;2-1-3/h1-2,6-10,12H,3-5H2,(H2,18,19,20,21);1H,(H,2,3). The molecule has 1 atom stereocenters. The predicted molar refractivity (Wildman–Crippen MR) is 87.8 cm³/mol. The van der Waals surface area contributed by atoms with E-state index in [-0.39, 0.29) is 24.1 Å². The fourth-order valence-electron chi connectivity index (χ4n) is 2.42. The molecule has 1 aromatic heterocycles. The quantitative estimate of drug-likeness (QED) is 0.594. The first-order chi connectivity index (χ1) is 11.6. The molecular weight excluding hydrogens is 313 g/mol. The molecule has 24 heavy (non-hydrogen) atoms. The van der Waals surface area contributed by atoms with Crippen molar-refractivity contribution in [2.24, 2.45) is 5.92 Å². The zero-order valence-electron chi connectivity index (χ0n) is 12.9. The van der Waals surface area contributed by atoms with Gasteiger partial charge in [0.2, 0.25) is 5.91 Å². The van der Waals surface area contributed by atoms with Crippen molar-refractivity contribution in [1.82, 2.24) is 10.2 Å². The van der Waals surface area contributed by atoms with E-state index < -0.39 is 0 Å². The van der Waals surface area contributed by atoms with Crippen LogP contribution in [0.15, 0.2) is 42.5 Å². The van der Waals surface area contributed by atoms with Crippen molar-refractivity contribution in [2.75, 3.05) is 5.32 Å². The molecule has 6 nitrogen and oxygen atoms in total. The van der Waals surface area contributed by atoms with E-state index in [0.29, 0.717) is 5.82 Å². The molecule has 1 aliphatic carbocycles. The Bertz CT molecular complexity index is 710. The van der Waals surface area contributed by atoms with E-state index >= 15 is 0 Å². The molecule has 1 amide bonds. The third kappa shape index (κ3) is 4.77. The summed E-state index contributed by atoms with van der Waals surface area (Å²) in [5.41, 5.74) is 1.57. The van der Waals surface area contributed by atoms with E-state index in [1.54, 1.807) is 18.2 Å². The number of rotatable bonds is 3. The van der Waals surface area contributed by atoms with Crippen LogP contribution in [0.3, 0.4) is 0 Å². The number of nitrogens with zero attached hydrogens (tertiary/aromatic N) is 1. The Morgan fingerprint density at radius 3 is 2.67 bits per heavy atom. The number of H-pyrrole nitrogens is 1. The van der Waals surface area contributed by atoms with E-state index in [4.69, 9.17) is 9.90 Å². The van der Waals surface area contributed by atoms with Crippen LogP contribution in [0.25, 0.3) is 11.3 Å². The van der Waals surface area contributed by atoms with Crippen LogP contribution < -0.4 is 5.32 Å². The van der Waals surface area contributed by atoms with Gasteiger partial charge in [0.25, 0.3) is 6.47 Å². The maximum Gasteiger partial charge on any atom is 0.290 e. The molecule has 0 aliphatic heterocycles. The van der Waals surface area contributed by atoms with Gasteiger partial charge < -0.3 is 10.4 Å². The van der Waals surface area contributed by atoms with Crippen molar-refractivity contribution in [3.05, 3.63) is 48.3 Å². The molecule has 0 spiro atoms. The largest absolute Gasteiger partial charge is 0.483 e. The van der Waals surface area contributed by atoms with Crippen molar-refractivity contribution < 1.29 is 19.1 Å². The Labute approximate surface area is 138 Å². The van der Waals surface area contributed by atoms with Crippen LogP contribution in [0.2, 0.25) is 0 Å². The molecule has 1 aliphatic rings. The van der Waals surface area contributed by atoms with E-state index in [1.807, 2.05) is 6.08 Å². The molecular formula is C17H18FN3O3. The Hall–Kier alpha value is -2.96. The first-order valence-electron chi connectivity index (χ1n) is 7.49. The molecule has 1 heterocycles. The first-order valence-corrected chi connectivity index (χ1v) is 7.49. The van der Waals surface area contributed by atoms with Gasteiger partial charge in [-0.3, -0.25) is 14.7 Å². The van der Waals surface area contributed by atoms with Crippen LogP contribution in [0.5, 0.6) is 0 Å². The van der Waals surface area contributed by atoms with Crippen LogP contribution >= 0.6 is 0 Å². The third-order valence-corrected chi connectivity index (χ3v) is 3.62. The second-order valence-corrected chi connectivity index (χ2v) is 5.25. The molecule has 0 saturated carbocycles. The minimum absolute atomic E-state index is 0.00324. The zero-order valence-corrected chi connectivity index (χ0v) is 12.9. The minimum atomic E-state index is -0.280. The highest BCUT2D eigenvalue weighted by Crippen LogP contribution is 2.22. The minimum Gasteiger partial charge on any atom is -0.483 e. The SMILES string of the molecule is O=C(Nc1cc(-c2ccc(F)cc2)[nH]n1)C1CC=CCC1.O=CO. The number of nitrogens with one attached hydrogen (secondary N) is 2. The normalized spacial score (nSPS) is 16.0. The average molecular weight is 331 g/mol. The summed E-state index contributed by atoms with van der Waals surface area (Å²) in [4.78, 5) is 20.5. The smallest absolute Gasteiger partial charge is 0.290 e. The highest BCUT2D eigenvalue weighted by molar-refractivity contribution is 5.92. The van der Waals surface area contributed by atoms with Crippen molar-refractivity contribution in [3.63, 3.8) is 0 Å². The predicted octanol–water partition coefficient (Wildman–Crippen LogP) is 3.21. The van der Waals surface area contributed by atoms with Crippen LogP contribution in [-0.4, -0.2) is 27.7 Å². The van der Waals surface area contributed by atoms with Crippen molar-refractivity contribution in [2.45, 2.75) is 19.3 Å². The summed E-state index contributed by atoms with van der Waals surface area (Å²) < 4.78 is 12.9. The maximum atomic E-state index is 12.9. The number of amides is 1. The fraction of sp³-hybridized carbons (Fsp3) is 0.235. The number of aromatic nitrogens is 2. The summed E-state index contributed by atoms with van der Waals surface area (Å²) in [5.74, 6) is 0.225. The van der Waals surface area contributed by atoms with Gasteiger partial charge in [0.1, 0.15) is 5.82 Å². The molecule has 0 fully saturated rings. The number of carbonyl (C=O) groups is 2. The van der Waals surface area contributed by atoms with Gasteiger partial charge in [-0.15, -0.1) is 0 Å². The summed E-state index contributed by atoms with van der Waals surface area (Å²) in [6, 6.07) is 7.87. The van der Waals surface area contributed by atoms with Crippen molar-refractivity contribution in [1.29, 1.82) is 0 Å². The molecule has 0 radical (unpaired) electrons. The second kappa shape index (κ2) is 8.61. The lowest BCUT2D eigenvalue weighted by Crippen LogP contribution is -2.23. The van der Waals surface area contributed by atoms with Gasteiger partial charge in [-0.05, 0) is 49.1 Å².